The smallest absolute Gasteiger partial charge is 0.235 e. The minimum Gasteiger partial charge on any atom is -0.389 e. The number of para-hydroxylation sites is 2. The van der Waals surface area contributed by atoms with Gasteiger partial charge in [-0.2, -0.15) is 0 Å². The summed E-state index contributed by atoms with van der Waals surface area (Å²) in [5.74, 6) is -4.98. The van der Waals surface area contributed by atoms with E-state index in [1.165, 1.54) is 6.92 Å². The number of ketones is 1. The van der Waals surface area contributed by atoms with Crippen LogP contribution in [-0.2, 0) is 14.4 Å². The summed E-state index contributed by atoms with van der Waals surface area (Å²) in [6, 6.07) is 20.7. The largest absolute Gasteiger partial charge is 0.389 e. The molecule has 1 aliphatic carbocycles. The van der Waals surface area contributed by atoms with Gasteiger partial charge in [0.15, 0.2) is 0 Å². The Hall–Kier alpha value is -3.39. The number of aliphatic hydroxyl groups is 1. The molecule has 0 spiro atoms. The van der Waals surface area contributed by atoms with E-state index in [0.717, 1.165) is 5.69 Å². The molecule has 9 heteroatoms. The van der Waals surface area contributed by atoms with Crippen molar-refractivity contribution in [3.05, 3.63) is 88.4 Å². The standard InChI is InChI=1S/C29H29Cl2N3O4/c1-29(38)16-23(35)25(27(36)32-21-10-6-4-8-19(21)30)24(17-12-14-18(15-13-17)34(2)3)26(29)28(37)33-22-11-7-5-9-20(22)31/h4-15,24-26,38H,16H2,1-3H3,(H,32,36)(H,33,37). The lowest BCUT2D eigenvalue weighted by Gasteiger charge is -2.44. The second kappa shape index (κ2) is 11.2. The third-order valence-corrected chi connectivity index (χ3v) is 7.55. The third kappa shape index (κ3) is 5.70. The maximum Gasteiger partial charge on any atom is 0.235 e. The number of anilines is 3. The first kappa shape index (κ1) is 27.6. The molecule has 0 saturated heterocycles. The molecule has 0 aromatic heterocycles. The van der Waals surface area contributed by atoms with Crippen molar-refractivity contribution in [3.8, 4) is 0 Å². The number of nitrogens with one attached hydrogen (secondary N) is 2. The van der Waals surface area contributed by atoms with Gasteiger partial charge in [0.1, 0.15) is 11.7 Å². The predicted molar refractivity (Wildman–Crippen MR) is 151 cm³/mol. The number of Topliss-reactive ketones (excluding diaryl/α,β-unsaturated/α-hetero) is 1. The fourth-order valence-corrected chi connectivity index (χ4v) is 5.40. The SMILES string of the molecule is CN(C)c1ccc(C2C(C(=O)Nc3ccccc3Cl)C(=O)CC(C)(O)C2C(=O)Nc2ccccc2Cl)cc1. The van der Waals surface area contributed by atoms with E-state index in [-0.39, 0.29) is 6.42 Å². The number of hydrogen-bond donors (Lipinski definition) is 3. The van der Waals surface area contributed by atoms with E-state index in [9.17, 15) is 19.5 Å². The highest BCUT2D eigenvalue weighted by Gasteiger charge is 2.56. The van der Waals surface area contributed by atoms with Gasteiger partial charge in [0.05, 0.1) is 32.9 Å². The Labute approximate surface area is 231 Å². The van der Waals surface area contributed by atoms with Crippen molar-refractivity contribution >= 4 is 57.9 Å². The first-order chi connectivity index (χ1) is 18.0. The summed E-state index contributed by atoms with van der Waals surface area (Å²) in [4.78, 5) is 42.8. The molecule has 1 saturated carbocycles. The van der Waals surface area contributed by atoms with Crippen LogP contribution in [0, 0.1) is 11.8 Å². The zero-order chi connectivity index (χ0) is 27.6. The molecule has 4 atom stereocenters. The Morgan fingerprint density at radius 2 is 1.37 bits per heavy atom. The Morgan fingerprint density at radius 3 is 1.87 bits per heavy atom. The molecular formula is C29H29Cl2N3O4. The number of amides is 2. The summed E-state index contributed by atoms with van der Waals surface area (Å²) in [5, 5.41) is 17.6. The topological polar surface area (TPSA) is 98.7 Å². The van der Waals surface area contributed by atoms with E-state index in [0.29, 0.717) is 27.0 Å². The van der Waals surface area contributed by atoms with Gasteiger partial charge in [-0.15, -0.1) is 0 Å². The van der Waals surface area contributed by atoms with E-state index >= 15 is 0 Å². The summed E-state index contributed by atoms with van der Waals surface area (Å²) in [6.45, 7) is 1.45. The molecule has 3 N–H and O–H groups in total. The molecule has 3 aromatic rings. The number of carbonyl (C=O) groups is 3. The minimum absolute atomic E-state index is 0.316. The summed E-state index contributed by atoms with van der Waals surface area (Å²) < 4.78 is 0. The maximum atomic E-state index is 13.8. The molecule has 0 bridgehead atoms. The maximum absolute atomic E-state index is 13.8. The van der Waals surface area contributed by atoms with Crippen molar-refractivity contribution in [3.63, 3.8) is 0 Å². The number of nitrogens with zero attached hydrogens (tertiary/aromatic N) is 1. The van der Waals surface area contributed by atoms with Crippen molar-refractivity contribution in [2.75, 3.05) is 29.6 Å². The summed E-state index contributed by atoms with van der Waals surface area (Å²) in [5.41, 5.74) is 0.460. The molecular weight excluding hydrogens is 525 g/mol. The molecule has 198 valence electrons. The Balaban J connectivity index is 1.79. The van der Waals surface area contributed by atoms with Crippen LogP contribution >= 0.6 is 23.2 Å². The van der Waals surface area contributed by atoms with Crippen molar-refractivity contribution < 1.29 is 19.5 Å². The number of carbonyl (C=O) groups excluding carboxylic acids is 3. The highest BCUT2D eigenvalue weighted by molar-refractivity contribution is 6.34. The zero-order valence-corrected chi connectivity index (χ0v) is 22.8. The molecule has 4 unspecified atom stereocenters. The normalized spacial score (nSPS) is 23.0. The van der Waals surface area contributed by atoms with Crippen molar-refractivity contribution in [2.45, 2.75) is 24.9 Å². The van der Waals surface area contributed by atoms with Crippen molar-refractivity contribution in [1.29, 1.82) is 0 Å². The average Bonchev–Trinajstić information content (AvgIpc) is 2.85. The van der Waals surface area contributed by atoms with Gasteiger partial charge in [-0.25, -0.2) is 0 Å². The predicted octanol–water partition coefficient (Wildman–Crippen LogP) is 5.38. The number of hydrogen-bond acceptors (Lipinski definition) is 5. The molecule has 3 aromatic carbocycles. The molecule has 1 aliphatic rings. The third-order valence-electron chi connectivity index (χ3n) is 6.89. The fraction of sp³-hybridized carbons (Fsp3) is 0.276. The second-order valence-corrected chi connectivity index (χ2v) is 10.7. The van der Waals surface area contributed by atoms with Gasteiger partial charge in [0.2, 0.25) is 11.8 Å². The Morgan fingerprint density at radius 1 is 0.868 bits per heavy atom. The molecule has 0 heterocycles. The zero-order valence-electron chi connectivity index (χ0n) is 21.2. The molecule has 0 aliphatic heterocycles. The molecule has 1 fully saturated rings. The molecule has 7 nitrogen and oxygen atoms in total. The lowest BCUT2D eigenvalue weighted by molar-refractivity contribution is -0.150. The van der Waals surface area contributed by atoms with Crippen LogP contribution in [0.3, 0.4) is 0 Å². The monoisotopic (exact) mass is 553 g/mol. The molecule has 0 radical (unpaired) electrons. The van der Waals surface area contributed by atoms with Gasteiger partial charge >= 0.3 is 0 Å². The summed E-state index contributed by atoms with van der Waals surface area (Å²) in [6.07, 6.45) is -0.375. The average molecular weight is 554 g/mol. The second-order valence-electron chi connectivity index (χ2n) is 9.91. The van der Waals surface area contributed by atoms with Crippen LogP contribution in [0.1, 0.15) is 24.8 Å². The van der Waals surface area contributed by atoms with Crippen LogP contribution in [0.25, 0.3) is 0 Å². The minimum atomic E-state index is -1.73. The number of benzene rings is 3. The fourth-order valence-electron chi connectivity index (χ4n) is 5.03. The van der Waals surface area contributed by atoms with Crippen LogP contribution in [0.15, 0.2) is 72.8 Å². The van der Waals surface area contributed by atoms with Gasteiger partial charge < -0.3 is 20.6 Å². The number of rotatable bonds is 6. The first-order valence-electron chi connectivity index (χ1n) is 12.1. The van der Waals surface area contributed by atoms with Gasteiger partial charge in [0.25, 0.3) is 0 Å². The Kier molecular flexibility index (Phi) is 8.11. The van der Waals surface area contributed by atoms with Crippen LogP contribution in [0.2, 0.25) is 10.0 Å². The van der Waals surface area contributed by atoms with E-state index < -0.39 is 41.0 Å². The number of halogens is 2. The Bertz CT molecular complexity index is 1360. The van der Waals surface area contributed by atoms with Crippen LogP contribution < -0.4 is 15.5 Å². The first-order valence-corrected chi connectivity index (χ1v) is 12.9. The van der Waals surface area contributed by atoms with E-state index in [1.807, 2.05) is 31.1 Å². The quantitative estimate of drug-likeness (QED) is 0.356. The van der Waals surface area contributed by atoms with Gasteiger partial charge in [-0.1, -0.05) is 59.6 Å². The molecule has 38 heavy (non-hydrogen) atoms. The van der Waals surface area contributed by atoms with Gasteiger partial charge in [-0.05, 0) is 48.9 Å². The molecule has 2 amide bonds. The molecule has 4 rings (SSSR count). The summed E-state index contributed by atoms with van der Waals surface area (Å²) >= 11 is 12.5. The van der Waals surface area contributed by atoms with Crippen LogP contribution in [-0.4, -0.2) is 42.4 Å². The lowest BCUT2D eigenvalue weighted by Crippen LogP contribution is -2.56. The summed E-state index contributed by atoms with van der Waals surface area (Å²) in [7, 11) is 3.78. The van der Waals surface area contributed by atoms with Crippen LogP contribution in [0.4, 0.5) is 17.1 Å². The van der Waals surface area contributed by atoms with Crippen LogP contribution in [0.5, 0.6) is 0 Å². The van der Waals surface area contributed by atoms with E-state index in [4.69, 9.17) is 23.2 Å². The van der Waals surface area contributed by atoms with E-state index in [2.05, 4.69) is 10.6 Å². The lowest BCUT2D eigenvalue weighted by atomic mass is 9.61. The van der Waals surface area contributed by atoms with Gasteiger partial charge in [-0.3, -0.25) is 14.4 Å². The van der Waals surface area contributed by atoms with Crippen molar-refractivity contribution in [2.24, 2.45) is 11.8 Å². The van der Waals surface area contributed by atoms with Crippen molar-refractivity contribution in [1.82, 2.24) is 0 Å². The highest BCUT2D eigenvalue weighted by Crippen LogP contribution is 2.47. The highest BCUT2D eigenvalue weighted by atomic mass is 35.5. The van der Waals surface area contributed by atoms with Gasteiger partial charge in [0, 0.05) is 32.1 Å². The van der Waals surface area contributed by atoms with E-state index in [1.54, 1.807) is 60.7 Å².